The minimum absolute atomic E-state index is 0.0717. The van der Waals surface area contributed by atoms with Crippen molar-refractivity contribution in [1.82, 2.24) is 4.72 Å². The number of benzene rings is 5. The summed E-state index contributed by atoms with van der Waals surface area (Å²) in [6, 6.07) is 44.3. The van der Waals surface area contributed by atoms with Gasteiger partial charge in [-0.1, -0.05) is 0 Å². The van der Waals surface area contributed by atoms with Crippen LogP contribution in [0, 0.1) is 13.8 Å². The first kappa shape index (κ1) is 29.4. The maximum absolute atomic E-state index is 14.0. The molecule has 0 heterocycles. The Labute approximate surface area is 254 Å². The summed E-state index contributed by atoms with van der Waals surface area (Å²) in [5.41, 5.74) is 4.33. The summed E-state index contributed by atoms with van der Waals surface area (Å²) in [7, 11) is -2.80. The van der Waals surface area contributed by atoms with Gasteiger partial charge < -0.3 is 0 Å². The number of aryl methyl sites for hydroxylation is 2. The number of hydrogen-bond donors (Lipinski definition) is 1. The van der Waals surface area contributed by atoms with Crippen molar-refractivity contribution < 1.29 is 8.42 Å². The number of rotatable bonds is 11. The predicted molar refractivity (Wildman–Crippen MR) is 172 cm³/mol. The van der Waals surface area contributed by atoms with Gasteiger partial charge in [-0.3, -0.25) is 0 Å². The SMILES string of the molecule is Cc1ccc(S(=O)N[C@@H](c2ccccc2)[C@@H](C[Se]c2ccccc2)c2ccccc2S(=O)c2ccc(C)cc2)cc1. The molecule has 0 aliphatic rings. The van der Waals surface area contributed by atoms with Crippen LogP contribution in [0.4, 0.5) is 0 Å². The van der Waals surface area contributed by atoms with E-state index in [4.69, 9.17) is 0 Å². The summed E-state index contributed by atoms with van der Waals surface area (Å²) in [5, 5.41) is 0.844. The topological polar surface area (TPSA) is 46.2 Å². The monoisotopic (exact) mass is 643 g/mol. The van der Waals surface area contributed by atoms with Crippen LogP contribution in [-0.2, 0) is 21.8 Å². The minimum atomic E-state index is -1.44. The van der Waals surface area contributed by atoms with Crippen molar-refractivity contribution in [2.45, 2.75) is 45.8 Å². The van der Waals surface area contributed by atoms with Crippen molar-refractivity contribution in [3.63, 3.8) is 0 Å². The molecular formula is C35H33NO2S2Se. The van der Waals surface area contributed by atoms with E-state index in [1.807, 2.05) is 105 Å². The molecule has 5 rings (SSSR count). The zero-order valence-corrected chi connectivity index (χ0v) is 26.5. The van der Waals surface area contributed by atoms with Crippen molar-refractivity contribution in [2.75, 3.05) is 0 Å². The van der Waals surface area contributed by atoms with Crippen LogP contribution < -0.4 is 9.18 Å². The fourth-order valence-electron chi connectivity index (χ4n) is 4.70. The van der Waals surface area contributed by atoms with E-state index in [2.05, 4.69) is 47.2 Å². The summed E-state index contributed by atoms with van der Waals surface area (Å²) in [5.74, 6) is -0.0717. The Bertz CT molecular complexity index is 1610. The van der Waals surface area contributed by atoms with Crippen LogP contribution in [0.15, 0.2) is 148 Å². The van der Waals surface area contributed by atoms with Gasteiger partial charge in [0.15, 0.2) is 0 Å². The summed E-state index contributed by atoms with van der Waals surface area (Å²) in [6.45, 7) is 4.06. The molecule has 3 nitrogen and oxygen atoms in total. The van der Waals surface area contributed by atoms with E-state index in [0.29, 0.717) is 0 Å². The molecule has 5 aromatic rings. The average Bonchev–Trinajstić information content (AvgIpc) is 3.02. The van der Waals surface area contributed by atoms with E-state index < -0.39 is 21.8 Å². The Morgan fingerprint density at radius 3 is 1.80 bits per heavy atom. The molecule has 0 saturated carbocycles. The van der Waals surface area contributed by atoms with Gasteiger partial charge in [0.2, 0.25) is 0 Å². The van der Waals surface area contributed by atoms with E-state index in [-0.39, 0.29) is 26.9 Å². The molecule has 0 saturated heterocycles. The van der Waals surface area contributed by atoms with E-state index in [0.717, 1.165) is 42.3 Å². The van der Waals surface area contributed by atoms with Crippen molar-refractivity contribution in [1.29, 1.82) is 0 Å². The van der Waals surface area contributed by atoms with E-state index in [1.54, 1.807) is 0 Å². The van der Waals surface area contributed by atoms with Gasteiger partial charge >= 0.3 is 256 Å². The average molecular weight is 643 g/mol. The summed E-state index contributed by atoms with van der Waals surface area (Å²) in [4.78, 5) is 2.32. The van der Waals surface area contributed by atoms with Gasteiger partial charge in [-0.15, -0.1) is 0 Å². The van der Waals surface area contributed by atoms with Crippen LogP contribution in [0.25, 0.3) is 0 Å². The van der Waals surface area contributed by atoms with Crippen molar-refractivity contribution in [3.05, 3.63) is 156 Å². The Balaban J connectivity index is 1.59. The van der Waals surface area contributed by atoms with E-state index >= 15 is 0 Å². The van der Waals surface area contributed by atoms with Crippen molar-refractivity contribution >= 4 is 41.2 Å². The Morgan fingerprint density at radius 2 is 1.17 bits per heavy atom. The van der Waals surface area contributed by atoms with Gasteiger partial charge in [-0.2, -0.15) is 0 Å². The molecular weight excluding hydrogens is 609 g/mol. The molecule has 41 heavy (non-hydrogen) atoms. The molecule has 0 aromatic heterocycles. The van der Waals surface area contributed by atoms with Gasteiger partial charge in [-0.05, 0) is 0 Å². The number of hydrogen-bond acceptors (Lipinski definition) is 2. The van der Waals surface area contributed by atoms with Gasteiger partial charge in [0.05, 0.1) is 0 Å². The van der Waals surface area contributed by atoms with E-state index in [9.17, 15) is 8.42 Å². The molecule has 6 heteroatoms. The van der Waals surface area contributed by atoms with Gasteiger partial charge in [0.25, 0.3) is 0 Å². The van der Waals surface area contributed by atoms with Crippen LogP contribution in [-0.4, -0.2) is 23.4 Å². The van der Waals surface area contributed by atoms with Crippen LogP contribution in [0.5, 0.6) is 0 Å². The quantitative estimate of drug-likeness (QED) is 0.157. The molecule has 0 amide bonds. The number of nitrogens with one attached hydrogen (secondary N) is 1. The summed E-state index contributed by atoms with van der Waals surface area (Å²) < 4.78 is 32.6. The Hall–Kier alpha value is -3.12. The molecule has 1 N–H and O–H groups in total. The molecule has 2 unspecified atom stereocenters. The van der Waals surface area contributed by atoms with Crippen LogP contribution in [0.2, 0.25) is 5.32 Å². The second kappa shape index (κ2) is 14.2. The molecule has 0 radical (unpaired) electrons. The Morgan fingerprint density at radius 1 is 0.634 bits per heavy atom. The summed E-state index contributed by atoms with van der Waals surface area (Å²) in [6.07, 6.45) is 0. The zero-order chi connectivity index (χ0) is 28.6. The van der Waals surface area contributed by atoms with Gasteiger partial charge in [0, 0.05) is 0 Å². The first-order valence-corrected chi connectivity index (χ1v) is 17.9. The fraction of sp³-hybridized carbons (Fsp3) is 0.143. The van der Waals surface area contributed by atoms with Crippen LogP contribution in [0.3, 0.4) is 0 Å². The molecule has 4 atom stereocenters. The van der Waals surface area contributed by atoms with Gasteiger partial charge in [-0.25, -0.2) is 0 Å². The molecule has 0 spiro atoms. The third-order valence-electron chi connectivity index (χ3n) is 6.96. The molecule has 0 bridgehead atoms. The van der Waals surface area contributed by atoms with Gasteiger partial charge in [0.1, 0.15) is 0 Å². The van der Waals surface area contributed by atoms with Crippen molar-refractivity contribution in [3.8, 4) is 0 Å². The second-order valence-electron chi connectivity index (χ2n) is 9.94. The summed E-state index contributed by atoms with van der Waals surface area (Å²) >= 11 is 0.143. The molecule has 208 valence electrons. The Kier molecular flexibility index (Phi) is 10.2. The molecule has 0 aliphatic carbocycles. The molecule has 5 aromatic carbocycles. The third kappa shape index (κ3) is 7.59. The second-order valence-corrected chi connectivity index (χ2v) is 14.9. The standard InChI is InChI=1S/C35H33NO2S2Se/c1-26-17-21-29(22-18-26)39(37)34-16-10-9-15-32(34)33(25-41-31-13-7-4-8-14-31)35(28-11-5-3-6-12-28)36-40(38)30-23-19-27(2)20-24-30/h3-24,33,35-36H,25H2,1-2H3/t33-,35-,39?,40?/m0/s1. The first-order chi connectivity index (χ1) is 20.0. The van der Waals surface area contributed by atoms with Crippen molar-refractivity contribution in [2.24, 2.45) is 0 Å². The van der Waals surface area contributed by atoms with Crippen LogP contribution in [0.1, 0.15) is 34.2 Å². The molecule has 0 aliphatic heterocycles. The van der Waals surface area contributed by atoms with E-state index in [1.165, 1.54) is 4.46 Å². The molecule has 0 fully saturated rings. The third-order valence-corrected chi connectivity index (χ3v) is 12.0. The predicted octanol–water partition coefficient (Wildman–Crippen LogP) is 7.06. The maximum atomic E-state index is 14.0. The normalized spacial score (nSPS) is 14.2. The first-order valence-electron chi connectivity index (χ1n) is 13.5. The zero-order valence-electron chi connectivity index (χ0n) is 23.1. The fourth-order valence-corrected chi connectivity index (χ4v) is 9.32. The van der Waals surface area contributed by atoms with Crippen LogP contribution >= 0.6 is 0 Å².